The van der Waals surface area contributed by atoms with Crippen molar-refractivity contribution in [2.45, 2.75) is 30.8 Å². The first-order valence-corrected chi connectivity index (χ1v) is 3.81. The molecule has 1 saturated heterocycles. The van der Waals surface area contributed by atoms with Crippen molar-refractivity contribution in [2.75, 3.05) is 6.61 Å². The molecule has 0 aromatic rings. The molecule has 0 saturated carbocycles. The first kappa shape index (κ1) is 10.4. The van der Waals surface area contributed by atoms with E-state index in [2.05, 4.69) is 0 Å². The van der Waals surface area contributed by atoms with E-state index in [0.29, 0.717) is 0 Å². The van der Waals surface area contributed by atoms with Gasteiger partial charge in [-0.25, -0.2) is 4.79 Å². The topological polar surface area (TPSA) is 107 Å². The van der Waals surface area contributed by atoms with Gasteiger partial charge in [-0.15, -0.1) is 0 Å². The SMILES string of the molecule is C[C@]1(C(=O)O)O[C@H](CO)[C@@H](O)[C@@H]1O. The number of aliphatic hydroxyl groups excluding tert-OH is 3. The maximum absolute atomic E-state index is 10.7. The van der Waals surface area contributed by atoms with Gasteiger partial charge in [0, 0.05) is 0 Å². The summed E-state index contributed by atoms with van der Waals surface area (Å²) in [6, 6.07) is 0. The minimum atomic E-state index is -1.84. The number of rotatable bonds is 2. The maximum atomic E-state index is 10.7. The van der Waals surface area contributed by atoms with Gasteiger partial charge in [0.05, 0.1) is 6.61 Å². The Morgan fingerprint density at radius 2 is 2.08 bits per heavy atom. The predicted molar refractivity (Wildman–Crippen MR) is 40.0 cm³/mol. The lowest BCUT2D eigenvalue weighted by molar-refractivity contribution is -0.170. The third kappa shape index (κ3) is 1.42. The summed E-state index contributed by atoms with van der Waals surface area (Å²) >= 11 is 0. The van der Waals surface area contributed by atoms with Crippen LogP contribution in [0.2, 0.25) is 0 Å². The zero-order chi connectivity index (χ0) is 10.2. The number of hydrogen-bond donors (Lipinski definition) is 4. The van der Waals surface area contributed by atoms with Crippen LogP contribution in [0, 0.1) is 0 Å². The summed E-state index contributed by atoms with van der Waals surface area (Å²) in [5, 5.41) is 35.9. The molecular formula is C7H12O6. The molecule has 4 atom stereocenters. The number of carboxylic acid groups (broad SMARTS) is 1. The Morgan fingerprint density at radius 3 is 2.31 bits per heavy atom. The van der Waals surface area contributed by atoms with Crippen molar-refractivity contribution in [1.29, 1.82) is 0 Å². The van der Waals surface area contributed by atoms with Gasteiger partial charge in [-0.2, -0.15) is 0 Å². The van der Waals surface area contributed by atoms with E-state index in [1.165, 1.54) is 0 Å². The van der Waals surface area contributed by atoms with Crippen molar-refractivity contribution in [3.8, 4) is 0 Å². The van der Waals surface area contributed by atoms with Gasteiger partial charge in [-0.3, -0.25) is 0 Å². The van der Waals surface area contributed by atoms with Gasteiger partial charge < -0.3 is 25.2 Å². The second-order valence-corrected chi connectivity index (χ2v) is 3.19. The van der Waals surface area contributed by atoms with Crippen LogP contribution >= 0.6 is 0 Å². The molecular weight excluding hydrogens is 180 g/mol. The van der Waals surface area contributed by atoms with Gasteiger partial charge in [0.25, 0.3) is 0 Å². The van der Waals surface area contributed by atoms with E-state index in [1.54, 1.807) is 0 Å². The number of hydrogen-bond acceptors (Lipinski definition) is 5. The Morgan fingerprint density at radius 1 is 1.54 bits per heavy atom. The summed E-state index contributed by atoms with van der Waals surface area (Å²) in [6.07, 6.45) is -3.94. The van der Waals surface area contributed by atoms with E-state index < -0.39 is 36.5 Å². The van der Waals surface area contributed by atoms with Crippen LogP contribution in [0.3, 0.4) is 0 Å². The van der Waals surface area contributed by atoms with Crippen LogP contribution in [0.4, 0.5) is 0 Å². The Balaban J connectivity index is 2.87. The highest BCUT2D eigenvalue weighted by atomic mass is 16.6. The Kier molecular flexibility index (Phi) is 2.58. The third-order valence-corrected chi connectivity index (χ3v) is 2.27. The molecule has 1 aliphatic rings. The lowest BCUT2D eigenvalue weighted by Gasteiger charge is -2.21. The summed E-state index contributed by atoms with van der Waals surface area (Å²) in [6.45, 7) is 0.625. The van der Waals surface area contributed by atoms with Crippen LogP contribution in [0.25, 0.3) is 0 Å². The normalized spacial score (nSPS) is 45.1. The van der Waals surface area contributed by atoms with E-state index >= 15 is 0 Å². The first-order valence-electron chi connectivity index (χ1n) is 3.81. The molecule has 6 nitrogen and oxygen atoms in total. The van der Waals surface area contributed by atoms with E-state index in [-0.39, 0.29) is 0 Å². The van der Waals surface area contributed by atoms with E-state index in [0.717, 1.165) is 6.92 Å². The van der Waals surface area contributed by atoms with Crippen molar-refractivity contribution >= 4 is 5.97 Å². The zero-order valence-corrected chi connectivity index (χ0v) is 7.04. The average molecular weight is 192 g/mol. The molecule has 0 unspecified atom stereocenters. The highest BCUT2D eigenvalue weighted by molar-refractivity contribution is 5.78. The molecule has 1 fully saturated rings. The van der Waals surface area contributed by atoms with Crippen molar-refractivity contribution in [3.05, 3.63) is 0 Å². The molecule has 4 N–H and O–H groups in total. The van der Waals surface area contributed by atoms with Gasteiger partial charge in [-0.1, -0.05) is 0 Å². The van der Waals surface area contributed by atoms with Crippen molar-refractivity contribution in [1.82, 2.24) is 0 Å². The van der Waals surface area contributed by atoms with Gasteiger partial charge in [0.15, 0.2) is 5.60 Å². The molecule has 0 radical (unpaired) electrons. The van der Waals surface area contributed by atoms with Crippen LogP contribution in [0.1, 0.15) is 6.92 Å². The monoisotopic (exact) mass is 192 g/mol. The Labute approximate surface area is 74.4 Å². The molecule has 1 heterocycles. The summed E-state index contributed by atoms with van der Waals surface area (Å²) in [5.74, 6) is -1.37. The molecule has 0 amide bonds. The van der Waals surface area contributed by atoms with Gasteiger partial charge >= 0.3 is 5.97 Å². The highest BCUT2D eigenvalue weighted by Crippen LogP contribution is 2.30. The van der Waals surface area contributed by atoms with Crippen LogP contribution < -0.4 is 0 Å². The molecule has 6 heteroatoms. The lowest BCUT2D eigenvalue weighted by Crippen LogP contribution is -2.47. The zero-order valence-electron chi connectivity index (χ0n) is 7.04. The van der Waals surface area contributed by atoms with Crippen molar-refractivity contribution < 1.29 is 30.0 Å². The maximum Gasteiger partial charge on any atom is 0.338 e. The Bertz CT molecular complexity index is 217. The van der Waals surface area contributed by atoms with Crippen LogP contribution in [-0.2, 0) is 9.53 Å². The number of aliphatic carboxylic acids is 1. The molecule has 76 valence electrons. The Hall–Kier alpha value is -0.690. The fraction of sp³-hybridized carbons (Fsp3) is 0.857. The van der Waals surface area contributed by atoms with E-state index in [1.807, 2.05) is 0 Å². The number of ether oxygens (including phenoxy) is 1. The van der Waals surface area contributed by atoms with Crippen molar-refractivity contribution in [3.63, 3.8) is 0 Å². The van der Waals surface area contributed by atoms with Gasteiger partial charge in [-0.05, 0) is 6.92 Å². The van der Waals surface area contributed by atoms with Crippen LogP contribution in [-0.4, -0.2) is 56.9 Å². The largest absolute Gasteiger partial charge is 0.479 e. The molecule has 0 aromatic carbocycles. The lowest BCUT2D eigenvalue weighted by atomic mass is 9.97. The van der Waals surface area contributed by atoms with Crippen molar-refractivity contribution in [2.24, 2.45) is 0 Å². The summed E-state index contributed by atoms with van der Waals surface area (Å²) < 4.78 is 4.83. The smallest absolute Gasteiger partial charge is 0.338 e. The highest BCUT2D eigenvalue weighted by Gasteiger charge is 2.55. The summed E-state index contributed by atoms with van der Waals surface area (Å²) in [4.78, 5) is 10.7. The minimum Gasteiger partial charge on any atom is -0.479 e. The summed E-state index contributed by atoms with van der Waals surface area (Å²) in [5.41, 5.74) is -1.84. The van der Waals surface area contributed by atoms with E-state index in [9.17, 15) is 15.0 Å². The molecule has 1 rings (SSSR count). The fourth-order valence-electron chi connectivity index (χ4n) is 1.31. The fourth-order valence-corrected chi connectivity index (χ4v) is 1.31. The molecule has 0 aliphatic carbocycles. The summed E-state index contributed by atoms with van der Waals surface area (Å²) in [7, 11) is 0. The molecule has 0 spiro atoms. The van der Waals surface area contributed by atoms with Gasteiger partial charge in [0.1, 0.15) is 18.3 Å². The number of carbonyl (C=O) groups is 1. The molecule has 0 aromatic heterocycles. The molecule has 0 bridgehead atoms. The van der Waals surface area contributed by atoms with Crippen LogP contribution in [0.5, 0.6) is 0 Å². The van der Waals surface area contributed by atoms with E-state index in [4.69, 9.17) is 14.9 Å². The second kappa shape index (κ2) is 3.22. The average Bonchev–Trinajstić information content (AvgIpc) is 2.31. The number of aliphatic hydroxyl groups is 3. The third-order valence-electron chi connectivity index (χ3n) is 2.27. The second-order valence-electron chi connectivity index (χ2n) is 3.19. The van der Waals surface area contributed by atoms with Gasteiger partial charge in [0.2, 0.25) is 0 Å². The molecule has 13 heavy (non-hydrogen) atoms. The van der Waals surface area contributed by atoms with Crippen LogP contribution in [0.15, 0.2) is 0 Å². The predicted octanol–water partition coefficient (Wildman–Crippen LogP) is -2.06. The quantitative estimate of drug-likeness (QED) is 0.401. The molecule has 1 aliphatic heterocycles. The standard InChI is InChI=1S/C7H12O6/c1-7(6(11)12)5(10)4(9)3(2-8)13-7/h3-5,8-10H,2H2,1H3,(H,11,12)/t3-,4-,5+,7+/m1/s1. The first-order chi connectivity index (χ1) is 5.93. The number of carboxylic acids is 1. The minimum absolute atomic E-state index is 0.527.